The van der Waals surface area contributed by atoms with Gasteiger partial charge < -0.3 is 4.74 Å². The molecule has 2 saturated heterocycles. The Morgan fingerprint density at radius 1 is 1.18 bits per heavy atom. The Morgan fingerprint density at radius 3 is 2.94 bits per heavy atom. The molecule has 0 N–H and O–H groups in total. The van der Waals surface area contributed by atoms with Crippen LogP contribution in [-0.4, -0.2) is 23.7 Å². The maximum absolute atomic E-state index is 5.91. The summed E-state index contributed by atoms with van der Waals surface area (Å²) in [5, 5.41) is 0.842. The predicted octanol–water partition coefficient (Wildman–Crippen LogP) is 3.61. The number of benzene rings is 1. The fourth-order valence-electron chi connectivity index (χ4n) is 2.75. The van der Waals surface area contributed by atoms with E-state index in [1.54, 1.807) is 0 Å². The van der Waals surface area contributed by atoms with Crippen LogP contribution in [0.4, 0.5) is 0 Å². The first-order chi connectivity index (χ1) is 8.43. The van der Waals surface area contributed by atoms with E-state index >= 15 is 0 Å². The number of fused-ring (bicyclic) bond motifs is 1. The van der Waals surface area contributed by atoms with E-state index in [4.69, 9.17) is 4.74 Å². The molecule has 17 heavy (non-hydrogen) atoms. The van der Waals surface area contributed by atoms with Gasteiger partial charge in [0.15, 0.2) is 0 Å². The van der Waals surface area contributed by atoms with Crippen LogP contribution in [0.1, 0.15) is 18.4 Å². The third-order valence-corrected chi connectivity index (χ3v) is 5.16. The highest BCUT2D eigenvalue weighted by molar-refractivity contribution is 8.00. The minimum Gasteiger partial charge on any atom is -0.374 e. The summed E-state index contributed by atoms with van der Waals surface area (Å²) in [6.45, 7) is 0.929. The standard InChI is InChI=1S/C15H18OS/c1-2-4-12(5-3-1)6-7-14-13-9-11-17-15(13)8-10-16-14/h1-7,13-15H,8-11H2/b7-6+/t13-,14?,15-/m1/s1. The first kappa shape index (κ1) is 11.4. The van der Waals surface area contributed by atoms with E-state index in [0.717, 1.165) is 17.8 Å². The molecule has 90 valence electrons. The van der Waals surface area contributed by atoms with Crippen LogP contribution in [-0.2, 0) is 4.74 Å². The highest BCUT2D eigenvalue weighted by Crippen LogP contribution is 2.40. The maximum Gasteiger partial charge on any atom is 0.0798 e. The van der Waals surface area contributed by atoms with Gasteiger partial charge in [-0.25, -0.2) is 0 Å². The summed E-state index contributed by atoms with van der Waals surface area (Å²) < 4.78 is 5.91. The van der Waals surface area contributed by atoms with Crippen molar-refractivity contribution in [1.29, 1.82) is 0 Å². The first-order valence-corrected chi connectivity index (χ1v) is 7.45. The second-order valence-corrected chi connectivity index (χ2v) is 6.10. The average molecular weight is 246 g/mol. The fourth-order valence-corrected chi connectivity index (χ4v) is 4.26. The zero-order valence-electron chi connectivity index (χ0n) is 9.92. The van der Waals surface area contributed by atoms with E-state index in [-0.39, 0.29) is 0 Å². The van der Waals surface area contributed by atoms with Gasteiger partial charge in [-0.1, -0.05) is 42.5 Å². The summed E-state index contributed by atoms with van der Waals surface area (Å²) in [5.41, 5.74) is 1.27. The van der Waals surface area contributed by atoms with E-state index in [0.29, 0.717) is 6.10 Å². The summed E-state index contributed by atoms with van der Waals surface area (Å²) in [4.78, 5) is 0. The van der Waals surface area contributed by atoms with Crippen LogP contribution in [0.5, 0.6) is 0 Å². The normalized spacial score (nSPS) is 32.8. The number of hydrogen-bond acceptors (Lipinski definition) is 2. The molecule has 1 aromatic carbocycles. The lowest BCUT2D eigenvalue weighted by Crippen LogP contribution is -2.34. The van der Waals surface area contributed by atoms with Crippen molar-refractivity contribution in [1.82, 2.24) is 0 Å². The Morgan fingerprint density at radius 2 is 2.06 bits per heavy atom. The van der Waals surface area contributed by atoms with Crippen molar-refractivity contribution in [3.05, 3.63) is 42.0 Å². The Hall–Kier alpha value is -0.730. The molecule has 1 nitrogen and oxygen atoms in total. The van der Waals surface area contributed by atoms with Crippen molar-refractivity contribution in [2.45, 2.75) is 24.2 Å². The molecule has 0 saturated carbocycles. The molecule has 0 bridgehead atoms. The Balaban J connectivity index is 1.70. The molecule has 2 heteroatoms. The molecule has 3 rings (SSSR count). The molecule has 2 aliphatic heterocycles. The number of rotatable bonds is 2. The van der Waals surface area contributed by atoms with Gasteiger partial charge in [0, 0.05) is 17.8 Å². The molecule has 0 aromatic heterocycles. The largest absolute Gasteiger partial charge is 0.374 e. The quantitative estimate of drug-likeness (QED) is 0.788. The Labute approximate surface area is 107 Å². The van der Waals surface area contributed by atoms with Crippen LogP contribution >= 0.6 is 11.8 Å². The highest BCUT2D eigenvalue weighted by atomic mass is 32.2. The molecular formula is C15H18OS. The van der Waals surface area contributed by atoms with Crippen LogP contribution in [0, 0.1) is 5.92 Å². The monoisotopic (exact) mass is 246 g/mol. The van der Waals surface area contributed by atoms with Gasteiger partial charge in [-0.15, -0.1) is 0 Å². The number of hydrogen-bond donors (Lipinski definition) is 0. The summed E-state index contributed by atoms with van der Waals surface area (Å²) in [5.74, 6) is 2.06. The fraction of sp³-hybridized carbons (Fsp3) is 0.467. The maximum atomic E-state index is 5.91. The van der Waals surface area contributed by atoms with Crippen molar-refractivity contribution >= 4 is 17.8 Å². The molecule has 2 fully saturated rings. The van der Waals surface area contributed by atoms with Crippen LogP contribution < -0.4 is 0 Å². The van der Waals surface area contributed by atoms with Gasteiger partial charge >= 0.3 is 0 Å². The second-order valence-electron chi connectivity index (χ2n) is 4.76. The minimum atomic E-state index is 0.337. The molecule has 0 aliphatic carbocycles. The topological polar surface area (TPSA) is 9.23 Å². The van der Waals surface area contributed by atoms with E-state index in [1.807, 2.05) is 0 Å². The molecular weight excluding hydrogens is 228 g/mol. The Bertz CT molecular complexity index is 387. The van der Waals surface area contributed by atoms with Gasteiger partial charge in [-0.3, -0.25) is 0 Å². The van der Waals surface area contributed by atoms with Crippen LogP contribution in [0.3, 0.4) is 0 Å². The molecule has 0 spiro atoms. The summed E-state index contributed by atoms with van der Waals surface area (Å²) in [6.07, 6.45) is 7.36. The number of ether oxygens (including phenoxy) is 1. The molecule has 1 aromatic rings. The zero-order valence-corrected chi connectivity index (χ0v) is 10.7. The zero-order chi connectivity index (χ0) is 11.5. The SMILES string of the molecule is C(=C\C1OCC[C@H]2SCC[C@H]12)/c1ccccc1. The van der Waals surface area contributed by atoms with Gasteiger partial charge in [0.2, 0.25) is 0 Å². The van der Waals surface area contributed by atoms with E-state index < -0.39 is 0 Å². The molecule has 3 atom stereocenters. The van der Waals surface area contributed by atoms with Crippen molar-refractivity contribution < 1.29 is 4.74 Å². The first-order valence-electron chi connectivity index (χ1n) is 6.40. The lowest BCUT2D eigenvalue weighted by atomic mass is 9.91. The molecule has 0 amide bonds. The van der Waals surface area contributed by atoms with E-state index in [2.05, 4.69) is 54.2 Å². The summed E-state index contributed by atoms with van der Waals surface area (Å²) >= 11 is 2.14. The molecule has 1 unspecified atom stereocenters. The molecule has 2 aliphatic rings. The van der Waals surface area contributed by atoms with Crippen LogP contribution in [0.2, 0.25) is 0 Å². The van der Waals surface area contributed by atoms with Crippen molar-refractivity contribution in [3.63, 3.8) is 0 Å². The predicted molar refractivity (Wildman–Crippen MR) is 74.2 cm³/mol. The van der Waals surface area contributed by atoms with Gasteiger partial charge in [0.05, 0.1) is 6.10 Å². The van der Waals surface area contributed by atoms with Crippen molar-refractivity contribution in [2.75, 3.05) is 12.4 Å². The summed E-state index contributed by atoms with van der Waals surface area (Å²) in [7, 11) is 0. The minimum absolute atomic E-state index is 0.337. The third kappa shape index (κ3) is 2.58. The average Bonchev–Trinajstić information content (AvgIpc) is 2.86. The molecule has 2 heterocycles. The van der Waals surface area contributed by atoms with E-state index in [9.17, 15) is 0 Å². The second kappa shape index (κ2) is 5.28. The van der Waals surface area contributed by atoms with Gasteiger partial charge in [-0.2, -0.15) is 11.8 Å². The van der Waals surface area contributed by atoms with Gasteiger partial charge in [0.1, 0.15) is 0 Å². The lowest BCUT2D eigenvalue weighted by molar-refractivity contribution is 0.0105. The highest BCUT2D eigenvalue weighted by Gasteiger charge is 2.36. The van der Waals surface area contributed by atoms with Crippen molar-refractivity contribution in [2.24, 2.45) is 5.92 Å². The lowest BCUT2D eigenvalue weighted by Gasteiger charge is -2.31. The third-order valence-electron chi connectivity index (χ3n) is 3.67. The Kier molecular flexibility index (Phi) is 3.53. The van der Waals surface area contributed by atoms with Crippen LogP contribution in [0.25, 0.3) is 6.08 Å². The van der Waals surface area contributed by atoms with Gasteiger partial charge in [0.25, 0.3) is 0 Å². The van der Waals surface area contributed by atoms with Crippen molar-refractivity contribution in [3.8, 4) is 0 Å². The van der Waals surface area contributed by atoms with Crippen LogP contribution in [0.15, 0.2) is 36.4 Å². The number of thioether (sulfide) groups is 1. The molecule has 0 radical (unpaired) electrons. The summed E-state index contributed by atoms with van der Waals surface area (Å²) in [6, 6.07) is 10.5. The smallest absolute Gasteiger partial charge is 0.0798 e. The van der Waals surface area contributed by atoms with E-state index in [1.165, 1.54) is 24.2 Å². The van der Waals surface area contributed by atoms with Gasteiger partial charge in [-0.05, 0) is 24.2 Å².